The first-order valence-corrected chi connectivity index (χ1v) is 6.30. The average Bonchev–Trinajstić information content (AvgIpc) is 2.75. The molecule has 0 heterocycles. The predicted molar refractivity (Wildman–Crippen MR) is 66.6 cm³/mol. The Morgan fingerprint density at radius 2 is 2.00 bits per heavy atom. The van der Waals surface area contributed by atoms with Crippen LogP contribution in [-0.2, 0) is 0 Å². The number of benzene rings is 1. The van der Waals surface area contributed by atoms with Gasteiger partial charge in [-0.05, 0) is 57.2 Å². The first kappa shape index (κ1) is 12.4. The van der Waals surface area contributed by atoms with Crippen LogP contribution >= 0.6 is 0 Å². The normalized spacial score (nSPS) is 18.4. The van der Waals surface area contributed by atoms with E-state index in [2.05, 4.69) is 0 Å². The third kappa shape index (κ3) is 2.78. The highest BCUT2D eigenvalue weighted by Gasteiger charge is 2.19. The summed E-state index contributed by atoms with van der Waals surface area (Å²) in [6, 6.07) is 3.07. The first-order valence-electron chi connectivity index (χ1n) is 6.30. The van der Waals surface area contributed by atoms with Gasteiger partial charge in [-0.1, -0.05) is 0 Å². The van der Waals surface area contributed by atoms with Crippen LogP contribution in [-0.4, -0.2) is 6.10 Å². The van der Waals surface area contributed by atoms with Crippen LogP contribution in [0, 0.1) is 12.7 Å². The Labute approximate surface area is 102 Å². The van der Waals surface area contributed by atoms with E-state index in [4.69, 9.17) is 10.5 Å². The monoisotopic (exact) mass is 237 g/mol. The summed E-state index contributed by atoms with van der Waals surface area (Å²) in [4.78, 5) is 0. The fourth-order valence-electron chi connectivity index (χ4n) is 2.31. The number of aryl methyl sites for hydroxylation is 1. The molecule has 2 rings (SSSR count). The fraction of sp³-hybridized carbons (Fsp3) is 0.571. The van der Waals surface area contributed by atoms with Crippen molar-refractivity contribution in [2.75, 3.05) is 0 Å². The Balaban J connectivity index is 2.26. The topological polar surface area (TPSA) is 35.2 Å². The van der Waals surface area contributed by atoms with Crippen LogP contribution in [0.2, 0.25) is 0 Å². The van der Waals surface area contributed by atoms with E-state index in [1.807, 2.05) is 6.92 Å². The van der Waals surface area contributed by atoms with E-state index >= 15 is 0 Å². The molecule has 1 aliphatic rings. The summed E-state index contributed by atoms with van der Waals surface area (Å²) in [5.74, 6) is 0.543. The van der Waals surface area contributed by atoms with E-state index in [0.29, 0.717) is 5.56 Å². The number of ether oxygens (including phenoxy) is 1. The third-order valence-electron chi connectivity index (χ3n) is 3.38. The van der Waals surface area contributed by atoms with E-state index in [9.17, 15) is 4.39 Å². The van der Waals surface area contributed by atoms with E-state index in [1.165, 1.54) is 18.9 Å². The summed E-state index contributed by atoms with van der Waals surface area (Å²) in [5, 5.41) is 0. The second kappa shape index (κ2) is 5.05. The highest BCUT2D eigenvalue weighted by molar-refractivity contribution is 5.40. The molecule has 1 aromatic rings. The maximum absolute atomic E-state index is 13.5. The van der Waals surface area contributed by atoms with Crippen LogP contribution in [0.5, 0.6) is 5.75 Å². The number of hydrogen-bond acceptors (Lipinski definition) is 2. The van der Waals surface area contributed by atoms with E-state index in [1.54, 1.807) is 13.0 Å². The van der Waals surface area contributed by atoms with Crippen molar-refractivity contribution in [2.45, 2.75) is 51.7 Å². The summed E-state index contributed by atoms with van der Waals surface area (Å²) in [7, 11) is 0. The Morgan fingerprint density at radius 3 is 2.59 bits per heavy atom. The van der Waals surface area contributed by atoms with Gasteiger partial charge in [0.2, 0.25) is 0 Å². The molecular formula is C14H20FNO. The predicted octanol–water partition coefficient (Wildman–Crippen LogP) is 3.48. The molecule has 2 nitrogen and oxygen atoms in total. The molecule has 0 saturated heterocycles. The lowest BCUT2D eigenvalue weighted by Gasteiger charge is -2.19. The molecule has 0 radical (unpaired) electrons. The van der Waals surface area contributed by atoms with Crippen LogP contribution in [0.25, 0.3) is 0 Å². The molecule has 1 aliphatic carbocycles. The Kier molecular flexibility index (Phi) is 3.67. The molecule has 17 heavy (non-hydrogen) atoms. The highest BCUT2D eigenvalue weighted by Crippen LogP contribution is 2.31. The van der Waals surface area contributed by atoms with Gasteiger partial charge in [-0.3, -0.25) is 0 Å². The van der Waals surface area contributed by atoms with E-state index in [0.717, 1.165) is 24.2 Å². The average molecular weight is 237 g/mol. The van der Waals surface area contributed by atoms with Crippen LogP contribution in [0.3, 0.4) is 0 Å². The lowest BCUT2D eigenvalue weighted by Crippen LogP contribution is -2.15. The highest BCUT2D eigenvalue weighted by atomic mass is 19.1. The van der Waals surface area contributed by atoms with Crippen molar-refractivity contribution in [2.24, 2.45) is 5.73 Å². The van der Waals surface area contributed by atoms with Gasteiger partial charge in [-0.15, -0.1) is 0 Å². The minimum atomic E-state index is -0.212. The maximum Gasteiger partial charge on any atom is 0.126 e. The maximum atomic E-state index is 13.5. The van der Waals surface area contributed by atoms with Crippen molar-refractivity contribution >= 4 is 0 Å². The lowest BCUT2D eigenvalue weighted by atomic mass is 10.0. The fourth-order valence-corrected chi connectivity index (χ4v) is 2.31. The van der Waals surface area contributed by atoms with Crippen molar-refractivity contribution in [3.63, 3.8) is 0 Å². The van der Waals surface area contributed by atoms with Gasteiger partial charge in [-0.2, -0.15) is 0 Å². The van der Waals surface area contributed by atoms with Crippen LogP contribution in [0.1, 0.15) is 49.8 Å². The largest absolute Gasteiger partial charge is 0.490 e. The van der Waals surface area contributed by atoms with Gasteiger partial charge in [0, 0.05) is 11.6 Å². The van der Waals surface area contributed by atoms with E-state index in [-0.39, 0.29) is 18.0 Å². The molecular weight excluding hydrogens is 217 g/mol. The summed E-state index contributed by atoms with van der Waals surface area (Å²) in [6.45, 7) is 3.60. The second-order valence-corrected chi connectivity index (χ2v) is 4.95. The van der Waals surface area contributed by atoms with Gasteiger partial charge < -0.3 is 10.5 Å². The second-order valence-electron chi connectivity index (χ2n) is 4.95. The molecule has 0 amide bonds. The minimum Gasteiger partial charge on any atom is -0.490 e. The zero-order chi connectivity index (χ0) is 12.4. The van der Waals surface area contributed by atoms with Crippen LogP contribution in [0.4, 0.5) is 4.39 Å². The summed E-state index contributed by atoms with van der Waals surface area (Å²) in [5.41, 5.74) is 7.24. The van der Waals surface area contributed by atoms with Gasteiger partial charge in [-0.25, -0.2) is 4.39 Å². The van der Waals surface area contributed by atoms with Gasteiger partial charge in [0.05, 0.1) is 6.10 Å². The molecule has 0 aromatic heterocycles. The summed E-state index contributed by atoms with van der Waals surface area (Å²) in [6.07, 6.45) is 4.90. The molecule has 1 saturated carbocycles. The SMILES string of the molecule is Cc1cc(OC2CCCC2)c([C@@H](C)N)cc1F. The van der Waals surface area contributed by atoms with Crippen LogP contribution in [0.15, 0.2) is 12.1 Å². The molecule has 1 fully saturated rings. The molecule has 1 atom stereocenters. The molecule has 94 valence electrons. The molecule has 2 N–H and O–H groups in total. The van der Waals surface area contributed by atoms with Gasteiger partial charge in [0.25, 0.3) is 0 Å². The number of hydrogen-bond donors (Lipinski definition) is 1. The van der Waals surface area contributed by atoms with Gasteiger partial charge >= 0.3 is 0 Å². The zero-order valence-corrected chi connectivity index (χ0v) is 10.5. The van der Waals surface area contributed by atoms with E-state index < -0.39 is 0 Å². The van der Waals surface area contributed by atoms with Gasteiger partial charge in [0.15, 0.2) is 0 Å². The van der Waals surface area contributed by atoms with Crippen molar-refractivity contribution < 1.29 is 9.13 Å². The third-order valence-corrected chi connectivity index (χ3v) is 3.38. The molecule has 3 heteroatoms. The van der Waals surface area contributed by atoms with Crippen molar-refractivity contribution in [3.05, 3.63) is 29.1 Å². The number of halogens is 1. The molecule has 0 aliphatic heterocycles. The zero-order valence-electron chi connectivity index (χ0n) is 10.5. The Bertz CT molecular complexity index is 397. The number of rotatable bonds is 3. The van der Waals surface area contributed by atoms with Crippen LogP contribution < -0.4 is 10.5 Å². The van der Waals surface area contributed by atoms with Crippen molar-refractivity contribution in [1.29, 1.82) is 0 Å². The molecule has 0 spiro atoms. The standard InChI is InChI=1S/C14H20FNO/c1-9-7-14(17-11-5-3-4-6-11)12(10(2)16)8-13(9)15/h7-8,10-11H,3-6,16H2,1-2H3/t10-/m1/s1. The minimum absolute atomic E-state index is 0.207. The Hall–Kier alpha value is -1.09. The smallest absolute Gasteiger partial charge is 0.126 e. The van der Waals surface area contributed by atoms with Crippen molar-refractivity contribution in [3.8, 4) is 5.75 Å². The summed E-state index contributed by atoms with van der Waals surface area (Å²) >= 11 is 0. The first-order chi connectivity index (χ1) is 8.08. The lowest BCUT2D eigenvalue weighted by molar-refractivity contribution is 0.206. The molecule has 1 aromatic carbocycles. The Morgan fingerprint density at radius 1 is 1.35 bits per heavy atom. The van der Waals surface area contributed by atoms with Crippen molar-refractivity contribution in [1.82, 2.24) is 0 Å². The summed E-state index contributed by atoms with van der Waals surface area (Å²) < 4.78 is 19.5. The molecule has 0 bridgehead atoms. The number of nitrogens with two attached hydrogens (primary N) is 1. The molecule has 0 unspecified atom stereocenters. The quantitative estimate of drug-likeness (QED) is 0.873. The van der Waals surface area contributed by atoms with Gasteiger partial charge in [0.1, 0.15) is 11.6 Å².